The van der Waals surface area contributed by atoms with Gasteiger partial charge in [0, 0.05) is 18.9 Å². The number of nitrogens with two attached hydrogens (primary N) is 2. The van der Waals surface area contributed by atoms with Gasteiger partial charge in [-0.05, 0) is 11.6 Å². The highest BCUT2D eigenvalue weighted by atomic mass is 16.2. The quantitative estimate of drug-likeness (QED) is 0.757. The number of nitrogens with zero attached hydrogens (tertiary/aromatic N) is 3. The topological polar surface area (TPSA) is 107 Å². The van der Waals surface area contributed by atoms with E-state index in [4.69, 9.17) is 11.5 Å². The zero-order valence-electron chi connectivity index (χ0n) is 13.4. The maximum atomic E-state index is 12.5. The number of primary amides is 1. The molecule has 0 aliphatic carbocycles. The number of anilines is 2. The third kappa shape index (κ3) is 2.50. The number of nitrogen functional groups attached to an aromatic ring is 1. The molecule has 1 aromatic carbocycles. The number of hydrogen-bond acceptors (Lipinski definition) is 4. The molecule has 126 valence electrons. The van der Waals surface area contributed by atoms with Crippen molar-refractivity contribution in [1.29, 1.82) is 0 Å². The predicted molar refractivity (Wildman–Crippen MR) is 94.3 cm³/mol. The molecule has 4 rings (SSSR count). The van der Waals surface area contributed by atoms with Crippen molar-refractivity contribution in [3.05, 3.63) is 59.9 Å². The van der Waals surface area contributed by atoms with Crippen molar-refractivity contribution in [3.63, 3.8) is 0 Å². The van der Waals surface area contributed by atoms with E-state index in [1.165, 1.54) is 6.20 Å². The average molecular weight is 335 g/mol. The Morgan fingerprint density at radius 1 is 1.24 bits per heavy atom. The Morgan fingerprint density at radius 2 is 2.00 bits per heavy atom. The van der Waals surface area contributed by atoms with Gasteiger partial charge in [0.05, 0.1) is 34.8 Å². The van der Waals surface area contributed by atoms with Crippen LogP contribution in [0, 0.1) is 0 Å². The van der Waals surface area contributed by atoms with E-state index in [0.29, 0.717) is 24.2 Å². The molecule has 3 heterocycles. The van der Waals surface area contributed by atoms with Gasteiger partial charge in [0.2, 0.25) is 5.91 Å². The first-order valence-electron chi connectivity index (χ1n) is 7.96. The van der Waals surface area contributed by atoms with Crippen LogP contribution in [0.15, 0.2) is 48.8 Å². The summed E-state index contributed by atoms with van der Waals surface area (Å²) < 4.78 is 1.56. The van der Waals surface area contributed by atoms with Gasteiger partial charge < -0.3 is 16.4 Å². The Hall–Kier alpha value is -3.35. The second-order valence-corrected chi connectivity index (χ2v) is 6.18. The fourth-order valence-electron chi connectivity index (χ4n) is 3.31. The third-order valence-electron chi connectivity index (χ3n) is 4.64. The molecular weight excluding hydrogens is 318 g/mol. The van der Waals surface area contributed by atoms with E-state index in [2.05, 4.69) is 5.10 Å². The van der Waals surface area contributed by atoms with Crippen LogP contribution in [0.25, 0.3) is 5.52 Å². The number of amides is 2. The number of hydrogen-bond donors (Lipinski definition) is 2. The maximum Gasteiger partial charge on any atom is 0.252 e. The lowest BCUT2D eigenvalue weighted by molar-refractivity contribution is -0.117. The lowest BCUT2D eigenvalue weighted by Gasteiger charge is -2.14. The Bertz CT molecular complexity index is 980. The Balaban J connectivity index is 1.69. The molecule has 0 spiro atoms. The largest absolute Gasteiger partial charge is 0.396 e. The van der Waals surface area contributed by atoms with E-state index in [1.54, 1.807) is 21.7 Å². The summed E-state index contributed by atoms with van der Waals surface area (Å²) in [4.78, 5) is 25.6. The molecule has 7 nitrogen and oxygen atoms in total. The summed E-state index contributed by atoms with van der Waals surface area (Å²) in [6, 6.07) is 11.8. The van der Waals surface area contributed by atoms with Crippen molar-refractivity contribution in [2.45, 2.75) is 12.3 Å². The van der Waals surface area contributed by atoms with E-state index in [9.17, 15) is 9.59 Å². The summed E-state index contributed by atoms with van der Waals surface area (Å²) in [7, 11) is 0. The molecule has 2 amide bonds. The molecule has 0 saturated carbocycles. The fourth-order valence-corrected chi connectivity index (χ4v) is 3.31. The molecule has 3 aromatic rings. The van der Waals surface area contributed by atoms with E-state index in [-0.39, 0.29) is 23.1 Å². The highest BCUT2D eigenvalue weighted by Crippen LogP contribution is 2.33. The number of fused-ring (bicyclic) bond motifs is 1. The zero-order chi connectivity index (χ0) is 17.6. The van der Waals surface area contributed by atoms with Crippen LogP contribution < -0.4 is 16.4 Å². The highest BCUT2D eigenvalue weighted by molar-refractivity contribution is 6.02. The van der Waals surface area contributed by atoms with Crippen LogP contribution in [-0.4, -0.2) is 28.0 Å². The van der Waals surface area contributed by atoms with Crippen LogP contribution in [0.5, 0.6) is 0 Å². The molecule has 1 fully saturated rings. The van der Waals surface area contributed by atoms with Crippen LogP contribution in [0.2, 0.25) is 0 Å². The van der Waals surface area contributed by atoms with Crippen LogP contribution in [0.3, 0.4) is 0 Å². The maximum absolute atomic E-state index is 12.5. The van der Waals surface area contributed by atoms with Crippen molar-refractivity contribution in [1.82, 2.24) is 9.61 Å². The third-order valence-corrected chi connectivity index (χ3v) is 4.64. The van der Waals surface area contributed by atoms with Crippen molar-refractivity contribution in [2.24, 2.45) is 5.73 Å². The summed E-state index contributed by atoms with van der Waals surface area (Å²) in [5.41, 5.74) is 14.2. The first kappa shape index (κ1) is 15.2. The number of aromatic nitrogens is 2. The van der Waals surface area contributed by atoms with Crippen molar-refractivity contribution < 1.29 is 9.59 Å². The van der Waals surface area contributed by atoms with Gasteiger partial charge in [0.25, 0.3) is 5.91 Å². The van der Waals surface area contributed by atoms with Crippen LogP contribution in [0.4, 0.5) is 11.4 Å². The van der Waals surface area contributed by atoms with Gasteiger partial charge in [-0.3, -0.25) is 9.59 Å². The molecule has 1 atom stereocenters. The second-order valence-electron chi connectivity index (χ2n) is 6.18. The van der Waals surface area contributed by atoms with E-state index < -0.39 is 5.91 Å². The molecule has 1 aliphatic rings. The Morgan fingerprint density at radius 3 is 2.72 bits per heavy atom. The monoisotopic (exact) mass is 335 g/mol. The fraction of sp³-hybridized carbons (Fsp3) is 0.167. The van der Waals surface area contributed by atoms with Crippen molar-refractivity contribution in [3.8, 4) is 0 Å². The Labute approximate surface area is 143 Å². The van der Waals surface area contributed by atoms with Gasteiger partial charge in [0.15, 0.2) is 0 Å². The van der Waals surface area contributed by atoms with Gasteiger partial charge in [-0.1, -0.05) is 30.3 Å². The minimum Gasteiger partial charge on any atom is -0.396 e. The Kier molecular flexibility index (Phi) is 3.42. The van der Waals surface area contributed by atoms with Crippen molar-refractivity contribution in [2.75, 3.05) is 17.2 Å². The lowest BCUT2D eigenvalue weighted by Crippen LogP contribution is -2.23. The first-order valence-corrected chi connectivity index (χ1v) is 7.96. The average Bonchev–Trinajstić information content (AvgIpc) is 3.19. The molecule has 2 aromatic heterocycles. The number of carbonyl (C=O) groups is 2. The number of rotatable bonds is 3. The van der Waals surface area contributed by atoms with Crippen molar-refractivity contribution >= 4 is 28.7 Å². The summed E-state index contributed by atoms with van der Waals surface area (Å²) in [5, 5.41) is 4.16. The molecular formula is C18H17N5O2. The first-order chi connectivity index (χ1) is 12.0. The van der Waals surface area contributed by atoms with Gasteiger partial charge in [-0.15, -0.1) is 0 Å². The number of carbonyl (C=O) groups excluding carboxylic acids is 2. The molecule has 25 heavy (non-hydrogen) atoms. The normalized spacial score (nSPS) is 17.4. The SMILES string of the molecule is NC(=O)c1cnn2cc(N3CC(c4ccccc4)CC3=O)cc2c1N. The van der Waals surface area contributed by atoms with Gasteiger partial charge in [-0.2, -0.15) is 5.10 Å². The molecule has 1 aliphatic heterocycles. The van der Waals surface area contributed by atoms with E-state index >= 15 is 0 Å². The van der Waals surface area contributed by atoms with Crippen LogP contribution in [-0.2, 0) is 4.79 Å². The summed E-state index contributed by atoms with van der Waals surface area (Å²) >= 11 is 0. The van der Waals surface area contributed by atoms with Gasteiger partial charge in [0.1, 0.15) is 0 Å². The van der Waals surface area contributed by atoms with Gasteiger partial charge >= 0.3 is 0 Å². The smallest absolute Gasteiger partial charge is 0.252 e. The molecule has 7 heteroatoms. The lowest BCUT2D eigenvalue weighted by atomic mass is 9.99. The van der Waals surface area contributed by atoms with Crippen LogP contribution in [0.1, 0.15) is 28.3 Å². The molecule has 0 bridgehead atoms. The summed E-state index contributed by atoms with van der Waals surface area (Å²) in [6.07, 6.45) is 3.54. The molecule has 0 radical (unpaired) electrons. The summed E-state index contributed by atoms with van der Waals surface area (Å²) in [6.45, 7) is 0.600. The van der Waals surface area contributed by atoms with E-state index in [0.717, 1.165) is 5.56 Å². The standard InChI is InChI=1S/C18H17N5O2/c19-17-14(18(20)25)8-21-23-10-13(7-15(17)23)22-9-12(6-16(22)24)11-4-2-1-3-5-11/h1-5,7-8,10,12H,6,9,19H2,(H2,20,25). The van der Waals surface area contributed by atoms with E-state index in [1.807, 2.05) is 30.3 Å². The minimum absolute atomic E-state index is 0.0541. The highest BCUT2D eigenvalue weighted by Gasteiger charge is 2.32. The predicted octanol–water partition coefficient (Wildman–Crippen LogP) is 1.54. The molecule has 4 N–H and O–H groups in total. The van der Waals surface area contributed by atoms with Gasteiger partial charge in [-0.25, -0.2) is 4.52 Å². The minimum atomic E-state index is -0.628. The summed E-state index contributed by atoms with van der Waals surface area (Å²) in [5.74, 6) is -0.418. The second kappa shape index (κ2) is 5.62. The zero-order valence-corrected chi connectivity index (χ0v) is 13.4. The number of benzene rings is 1. The molecule has 1 unspecified atom stereocenters. The molecule has 1 saturated heterocycles. The van der Waals surface area contributed by atoms with Crippen LogP contribution >= 0.6 is 0 Å².